The van der Waals surface area contributed by atoms with E-state index in [2.05, 4.69) is 27.0 Å². The van der Waals surface area contributed by atoms with Crippen LogP contribution < -0.4 is 5.32 Å². The molecule has 0 aliphatic rings. The third-order valence-electron chi connectivity index (χ3n) is 3.19. The summed E-state index contributed by atoms with van der Waals surface area (Å²) in [5.41, 5.74) is 3.46. The van der Waals surface area contributed by atoms with E-state index >= 15 is 0 Å². The topological polar surface area (TPSA) is 43.0 Å². The van der Waals surface area contributed by atoms with Gasteiger partial charge in [0.05, 0.1) is 29.9 Å². The van der Waals surface area contributed by atoms with Crippen LogP contribution in [0, 0.1) is 0 Å². The Kier molecular flexibility index (Phi) is 3.61. The SMILES string of the molecule is c1ccc2c(c1)ncn2CCCNCc1ccoc1. The van der Waals surface area contributed by atoms with Crippen molar-refractivity contribution in [3.63, 3.8) is 0 Å². The van der Waals surface area contributed by atoms with Gasteiger partial charge >= 0.3 is 0 Å². The first-order chi connectivity index (χ1) is 9.43. The average molecular weight is 255 g/mol. The van der Waals surface area contributed by atoms with Crippen LogP contribution in [0.2, 0.25) is 0 Å². The van der Waals surface area contributed by atoms with Crippen molar-refractivity contribution in [2.24, 2.45) is 0 Å². The lowest BCUT2D eigenvalue weighted by atomic mass is 10.3. The zero-order valence-electron chi connectivity index (χ0n) is 10.7. The monoisotopic (exact) mass is 255 g/mol. The number of benzene rings is 1. The van der Waals surface area contributed by atoms with Crippen molar-refractivity contribution in [2.45, 2.75) is 19.5 Å². The van der Waals surface area contributed by atoms with Crippen LogP contribution in [0.15, 0.2) is 53.6 Å². The molecule has 0 unspecified atom stereocenters. The van der Waals surface area contributed by atoms with Crippen molar-refractivity contribution in [1.29, 1.82) is 0 Å². The number of nitrogens with zero attached hydrogens (tertiary/aromatic N) is 2. The second-order valence-corrected chi connectivity index (χ2v) is 4.59. The zero-order valence-corrected chi connectivity index (χ0v) is 10.7. The molecular formula is C15H17N3O. The van der Waals surface area contributed by atoms with E-state index < -0.39 is 0 Å². The molecule has 4 nitrogen and oxygen atoms in total. The number of para-hydroxylation sites is 2. The first kappa shape index (κ1) is 12.0. The molecule has 0 amide bonds. The molecule has 0 aliphatic carbocycles. The molecule has 0 atom stereocenters. The highest BCUT2D eigenvalue weighted by molar-refractivity contribution is 5.74. The first-order valence-corrected chi connectivity index (χ1v) is 6.55. The second kappa shape index (κ2) is 5.71. The van der Waals surface area contributed by atoms with Crippen molar-refractivity contribution < 1.29 is 4.42 Å². The summed E-state index contributed by atoms with van der Waals surface area (Å²) in [6, 6.07) is 10.2. The number of fused-ring (bicyclic) bond motifs is 1. The number of hydrogen-bond acceptors (Lipinski definition) is 3. The van der Waals surface area contributed by atoms with E-state index in [4.69, 9.17) is 4.42 Å². The van der Waals surface area contributed by atoms with Gasteiger partial charge in [-0.2, -0.15) is 0 Å². The molecule has 1 aromatic carbocycles. The first-order valence-electron chi connectivity index (χ1n) is 6.55. The molecule has 2 aromatic heterocycles. The molecule has 0 fully saturated rings. The Balaban J connectivity index is 1.47. The predicted octanol–water partition coefficient (Wildman–Crippen LogP) is 2.81. The van der Waals surface area contributed by atoms with Gasteiger partial charge in [0.1, 0.15) is 0 Å². The highest BCUT2D eigenvalue weighted by Crippen LogP contribution is 2.11. The molecule has 0 spiro atoms. The molecule has 0 bridgehead atoms. The van der Waals surface area contributed by atoms with Crippen molar-refractivity contribution in [3.8, 4) is 0 Å². The summed E-state index contributed by atoms with van der Waals surface area (Å²) in [4.78, 5) is 4.39. The van der Waals surface area contributed by atoms with Crippen molar-refractivity contribution >= 4 is 11.0 Å². The van der Waals surface area contributed by atoms with Crippen LogP contribution in [0.4, 0.5) is 0 Å². The molecule has 0 saturated heterocycles. The molecule has 1 N–H and O–H groups in total. The van der Waals surface area contributed by atoms with Gasteiger partial charge in [-0.15, -0.1) is 0 Å². The normalized spacial score (nSPS) is 11.2. The fraction of sp³-hybridized carbons (Fsp3) is 0.267. The fourth-order valence-corrected chi connectivity index (χ4v) is 2.19. The van der Waals surface area contributed by atoms with E-state index in [-0.39, 0.29) is 0 Å². The molecule has 98 valence electrons. The van der Waals surface area contributed by atoms with Gasteiger partial charge in [0.15, 0.2) is 0 Å². The zero-order chi connectivity index (χ0) is 12.9. The van der Waals surface area contributed by atoms with Gasteiger partial charge in [0.2, 0.25) is 0 Å². The Morgan fingerprint density at radius 1 is 1.21 bits per heavy atom. The number of imidazole rings is 1. The number of aromatic nitrogens is 2. The number of nitrogens with one attached hydrogen (secondary N) is 1. The summed E-state index contributed by atoms with van der Waals surface area (Å²) >= 11 is 0. The molecule has 4 heteroatoms. The van der Waals surface area contributed by atoms with Crippen LogP contribution in [0.3, 0.4) is 0 Å². The Hall–Kier alpha value is -2.07. The van der Waals surface area contributed by atoms with Gasteiger partial charge in [-0.1, -0.05) is 12.1 Å². The van der Waals surface area contributed by atoms with Crippen molar-refractivity contribution in [1.82, 2.24) is 14.9 Å². The Morgan fingerprint density at radius 2 is 2.16 bits per heavy atom. The van der Waals surface area contributed by atoms with Gasteiger partial charge in [0, 0.05) is 18.7 Å². The maximum atomic E-state index is 5.03. The maximum absolute atomic E-state index is 5.03. The third kappa shape index (κ3) is 2.85. The van der Waals surface area contributed by atoms with Crippen LogP contribution in [-0.4, -0.2) is 16.1 Å². The van der Waals surface area contributed by atoms with E-state index in [9.17, 15) is 0 Å². The lowest BCUT2D eigenvalue weighted by molar-refractivity contribution is 0.555. The largest absolute Gasteiger partial charge is 0.472 e. The van der Waals surface area contributed by atoms with E-state index in [1.165, 1.54) is 11.1 Å². The van der Waals surface area contributed by atoms with Gasteiger partial charge < -0.3 is 14.3 Å². The van der Waals surface area contributed by atoms with E-state index in [1.807, 2.05) is 24.5 Å². The number of rotatable bonds is 6. The van der Waals surface area contributed by atoms with Gasteiger partial charge in [-0.25, -0.2) is 4.98 Å². The van der Waals surface area contributed by atoms with Crippen molar-refractivity contribution in [2.75, 3.05) is 6.54 Å². The average Bonchev–Trinajstić information content (AvgIpc) is 3.08. The fourth-order valence-electron chi connectivity index (χ4n) is 2.19. The molecule has 0 radical (unpaired) electrons. The van der Waals surface area contributed by atoms with Crippen LogP contribution >= 0.6 is 0 Å². The quantitative estimate of drug-likeness (QED) is 0.689. The Morgan fingerprint density at radius 3 is 3.05 bits per heavy atom. The minimum Gasteiger partial charge on any atom is -0.472 e. The van der Waals surface area contributed by atoms with E-state index in [1.54, 1.807) is 12.5 Å². The second-order valence-electron chi connectivity index (χ2n) is 4.59. The molecule has 3 rings (SSSR count). The maximum Gasteiger partial charge on any atom is 0.0958 e. The minimum absolute atomic E-state index is 0.862. The van der Waals surface area contributed by atoms with Crippen LogP contribution in [0.25, 0.3) is 11.0 Å². The smallest absolute Gasteiger partial charge is 0.0958 e. The summed E-state index contributed by atoms with van der Waals surface area (Å²) in [6.45, 7) is 2.83. The molecule has 0 saturated carbocycles. The minimum atomic E-state index is 0.862. The predicted molar refractivity (Wildman–Crippen MR) is 74.8 cm³/mol. The summed E-state index contributed by atoms with van der Waals surface area (Å²) in [6.07, 6.45) is 6.48. The van der Waals surface area contributed by atoms with Gasteiger partial charge in [-0.3, -0.25) is 0 Å². The Labute approximate surface area is 112 Å². The van der Waals surface area contributed by atoms with Crippen molar-refractivity contribution in [3.05, 3.63) is 54.7 Å². The van der Waals surface area contributed by atoms with E-state index in [0.29, 0.717) is 0 Å². The summed E-state index contributed by atoms with van der Waals surface area (Å²) in [5.74, 6) is 0. The highest BCUT2D eigenvalue weighted by atomic mass is 16.3. The third-order valence-corrected chi connectivity index (χ3v) is 3.19. The molecule has 3 aromatic rings. The molecule has 2 heterocycles. The lowest BCUT2D eigenvalue weighted by Crippen LogP contribution is -2.15. The standard InChI is InChI=1S/C15H17N3O/c1-2-5-15-14(4-1)17-12-18(15)8-3-7-16-10-13-6-9-19-11-13/h1-2,4-6,9,11-12,16H,3,7-8,10H2. The van der Waals surface area contributed by atoms with Crippen LogP contribution in [0.1, 0.15) is 12.0 Å². The van der Waals surface area contributed by atoms with Crippen LogP contribution in [0.5, 0.6) is 0 Å². The number of furan rings is 1. The summed E-state index contributed by atoms with van der Waals surface area (Å²) < 4.78 is 7.23. The molecule has 19 heavy (non-hydrogen) atoms. The van der Waals surface area contributed by atoms with E-state index in [0.717, 1.165) is 31.6 Å². The lowest BCUT2D eigenvalue weighted by Gasteiger charge is -2.05. The number of aryl methyl sites for hydroxylation is 1. The summed E-state index contributed by atoms with van der Waals surface area (Å²) in [7, 11) is 0. The van der Waals surface area contributed by atoms with Gasteiger partial charge in [-0.05, 0) is 31.2 Å². The highest BCUT2D eigenvalue weighted by Gasteiger charge is 2.00. The number of hydrogen-bond donors (Lipinski definition) is 1. The molecular weight excluding hydrogens is 238 g/mol. The van der Waals surface area contributed by atoms with Gasteiger partial charge in [0.25, 0.3) is 0 Å². The van der Waals surface area contributed by atoms with Crippen LogP contribution in [-0.2, 0) is 13.1 Å². The molecule has 0 aliphatic heterocycles. The Bertz CT molecular complexity index is 628. The summed E-state index contributed by atoms with van der Waals surface area (Å²) in [5, 5.41) is 3.40.